The Labute approximate surface area is 142 Å². The lowest BCUT2D eigenvalue weighted by Gasteiger charge is -2.31. The van der Waals surface area contributed by atoms with Gasteiger partial charge in [0.2, 0.25) is 0 Å². The summed E-state index contributed by atoms with van der Waals surface area (Å²) in [6, 6.07) is 5.27. The molecule has 132 valence electrons. The molecule has 0 bridgehead atoms. The minimum atomic E-state index is -0.421. The van der Waals surface area contributed by atoms with E-state index in [1.165, 1.54) is 20.6 Å². The topological polar surface area (TPSA) is 66.0 Å². The standard InChI is InChI=1S/C18H25NO5/c1-21-14-7-6-8-15(22-2)16(14)17(20)19-11-13-12-23-18(24-13)9-4-3-5-10-18/h6-8,13H,3-5,9-12H2,1-2H3,(H,19,20)/t13-/m1/s1. The lowest BCUT2D eigenvalue weighted by atomic mass is 9.94. The maximum absolute atomic E-state index is 12.6. The molecule has 1 N–H and O–H groups in total. The highest BCUT2D eigenvalue weighted by atomic mass is 16.7. The van der Waals surface area contributed by atoms with Gasteiger partial charge in [-0.2, -0.15) is 0 Å². The van der Waals surface area contributed by atoms with Crippen LogP contribution < -0.4 is 14.8 Å². The lowest BCUT2D eigenvalue weighted by Crippen LogP contribution is -2.37. The van der Waals surface area contributed by atoms with Gasteiger partial charge in [0.25, 0.3) is 5.91 Å². The number of methoxy groups -OCH3 is 2. The van der Waals surface area contributed by atoms with Gasteiger partial charge in [0.1, 0.15) is 23.2 Å². The fraction of sp³-hybridized carbons (Fsp3) is 0.611. The Balaban J connectivity index is 1.60. The van der Waals surface area contributed by atoms with E-state index in [0.717, 1.165) is 25.7 Å². The number of ether oxygens (including phenoxy) is 4. The number of hydrogen-bond donors (Lipinski definition) is 1. The van der Waals surface area contributed by atoms with E-state index in [9.17, 15) is 4.79 Å². The minimum absolute atomic E-state index is 0.118. The first-order valence-corrected chi connectivity index (χ1v) is 8.48. The molecule has 1 spiro atoms. The summed E-state index contributed by atoms with van der Waals surface area (Å²) in [5.41, 5.74) is 0.397. The molecule has 1 amide bonds. The molecule has 24 heavy (non-hydrogen) atoms. The van der Waals surface area contributed by atoms with Gasteiger partial charge in [0, 0.05) is 19.4 Å². The molecule has 1 aliphatic heterocycles. The van der Waals surface area contributed by atoms with Crippen LogP contribution in [-0.2, 0) is 9.47 Å². The molecule has 1 aromatic carbocycles. The summed E-state index contributed by atoms with van der Waals surface area (Å²) in [4.78, 5) is 12.6. The maximum Gasteiger partial charge on any atom is 0.258 e. The first-order chi connectivity index (χ1) is 11.7. The first-order valence-electron chi connectivity index (χ1n) is 8.48. The van der Waals surface area contributed by atoms with Crippen molar-refractivity contribution in [3.63, 3.8) is 0 Å². The molecular formula is C18H25NO5. The van der Waals surface area contributed by atoms with E-state index in [4.69, 9.17) is 18.9 Å². The summed E-state index contributed by atoms with van der Waals surface area (Å²) in [5, 5.41) is 2.91. The second-order valence-electron chi connectivity index (χ2n) is 6.27. The van der Waals surface area contributed by atoms with Crippen molar-refractivity contribution in [1.29, 1.82) is 0 Å². The van der Waals surface area contributed by atoms with Crippen molar-refractivity contribution >= 4 is 5.91 Å². The summed E-state index contributed by atoms with van der Waals surface area (Å²) in [6.07, 6.45) is 5.28. The Morgan fingerprint density at radius 1 is 1.21 bits per heavy atom. The number of rotatable bonds is 5. The second-order valence-corrected chi connectivity index (χ2v) is 6.27. The molecule has 3 rings (SSSR count). The van der Waals surface area contributed by atoms with Crippen LogP contribution >= 0.6 is 0 Å². The van der Waals surface area contributed by atoms with Crippen molar-refractivity contribution in [2.24, 2.45) is 0 Å². The number of carbonyl (C=O) groups excluding carboxylic acids is 1. The lowest BCUT2D eigenvalue weighted by molar-refractivity contribution is -0.186. The summed E-state index contributed by atoms with van der Waals surface area (Å²) < 4.78 is 22.5. The van der Waals surface area contributed by atoms with E-state index < -0.39 is 5.79 Å². The molecule has 0 unspecified atom stereocenters. The van der Waals surface area contributed by atoms with Crippen molar-refractivity contribution in [2.75, 3.05) is 27.4 Å². The zero-order chi connectivity index (χ0) is 17.0. The SMILES string of the molecule is COc1cccc(OC)c1C(=O)NC[C@@H]1COC2(CCCCC2)O1. The van der Waals surface area contributed by atoms with Crippen LogP contribution in [0, 0.1) is 0 Å². The summed E-state index contributed by atoms with van der Waals surface area (Å²) in [5.74, 6) is 0.311. The molecule has 2 fully saturated rings. The molecule has 1 aliphatic carbocycles. The molecule has 6 heteroatoms. The van der Waals surface area contributed by atoms with Crippen LogP contribution in [-0.4, -0.2) is 45.2 Å². The van der Waals surface area contributed by atoms with E-state index in [-0.39, 0.29) is 12.0 Å². The number of benzene rings is 1. The predicted octanol–water partition coefficient (Wildman–Crippen LogP) is 2.51. The largest absolute Gasteiger partial charge is 0.496 e. The normalized spacial score (nSPS) is 22.3. The average Bonchev–Trinajstić information content (AvgIpc) is 3.01. The van der Waals surface area contributed by atoms with E-state index in [2.05, 4.69) is 5.32 Å². The zero-order valence-electron chi connectivity index (χ0n) is 14.3. The highest BCUT2D eigenvalue weighted by Gasteiger charge is 2.42. The second kappa shape index (κ2) is 7.40. The van der Waals surface area contributed by atoms with Crippen LogP contribution in [0.4, 0.5) is 0 Å². The summed E-state index contributed by atoms with van der Waals surface area (Å²) >= 11 is 0. The molecule has 1 saturated carbocycles. The maximum atomic E-state index is 12.6. The van der Waals surface area contributed by atoms with Crippen molar-refractivity contribution in [3.8, 4) is 11.5 Å². The van der Waals surface area contributed by atoms with Crippen LogP contribution in [0.15, 0.2) is 18.2 Å². The first kappa shape index (κ1) is 17.0. The Morgan fingerprint density at radius 2 is 1.88 bits per heavy atom. The van der Waals surface area contributed by atoms with E-state index in [1.807, 2.05) is 0 Å². The molecule has 0 aromatic heterocycles. The monoisotopic (exact) mass is 335 g/mol. The third-order valence-corrected chi connectivity index (χ3v) is 4.67. The summed E-state index contributed by atoms with van der Waals surface area (Å²) in [7, 11) is 3.07. The fourth-order valence-electron chi connectivity index (χ4n) is 3.44. The number of amides is 1. The van der Waals surface area contributed by atoms with E-state index in [1.54, 1.807) is 18.2 Å². The Kier molecular flexibility index (Phi) is 5.26. The van der Waals surface area contributed by atoms with Gasteiger partial charge in [0.05, 0.1) is 20.8 Å². The van der Waals surface area contributed by atoms with Gasteiger partial charge in [-0.05, 0) is 25.0 Å². The van der Waals surface area contributed by atoms with Crippen molar-refractivity contribution in [1.82, 2.24) is 5.32 Å². The molecule has 1 aromatic rings. The fourth-order valence-corrected chi connectivity index (χ4v) is 3.44. The number of nitrogens with one attached hydrogen (secondary N) is 1. The Hall–Kier alpha value is -1.79. The van der Waals surface area contributed by atoms with Crippen LogP contribution in [0.3, 0.4) is 0 Å². The average molecular weight is 335 g/mol. The molecule has 1 atom stereocenters. The van der Waals surface area contributed by atoms with Gasteiger partial charge in [-0.25, -0.2) is 0 Å². The van der Waals surface area contributed by atoms with E-state index in [0.29, 0.717) is 30.2 Å². The molecular weight excluding hydrogens is 310 g/mol. The van der Waals surface area contributed by atoms with E-state index >= 15 is 0 Å². The molecule has 2 aliphatic rings. The van der Waals surface area contributed by atoms with Gasteiger partial charge < -0.3 is 24.3 Å². The van der Waals surface area contributed by atoms with Crippen molar-refractivity contribution < 1.29 is 23.7 Å². The third-order valence-electron chi connectivity index (χ3n) is 4.67. The Bertz CT molecular complexity index is 561. The van der Waals surface area contributed by atoms with Gasteiger partial charge >= 0.3 is 0 Å². The van der Waals surface area contributed by atoms with Crippen LogP contribution in [0.2, 0.25) is 0 Å². The quantitative estimate of drug-likeness (QED) is 0.896. The van der Waals surface area contributed by atoms with Gasteiger partial charge in [-0.15, -0.1) is 0 Å². The zero-order valence-corrected chi connectivity index (χ0v) is 14.3. The third kappa shape index (κ3) is 3.49. The Morgan fingerprint density at radius 3 is 2.50 bits per heavy atom. The molecule has 0 radical (unpaired) electrons. The van der Waals surface area contributed by atoms with Gasteiger partial charge in [-0.3, -0.25) is 4.79 Å². The van der Waals surface area contributed by atoms with Crippen LogP contribution in [0.5, 0.6) is 11.5 Å². The van der Waals surface area contributed by atoms with Crippen LogP contribution in [0.25, 0.3) is 0 Å². The highest BCUT2D eigenvalue weighted by molar-refractivity contribution is 5.99. The molecule has 1 heterocycles. The van der Waals surface area contributed by atoms with Gasteiger partial charge in [-0.1, -0.05) is 12.5 Å². The highest BCUT2D eigenvalue weighted by Crippen LogP contribution is 2.37. The number of carbonyl (C=O) groups is 1. The van der Waals surface area contributed by atoms with Crippen molar-refractivity contribution in [2.45, 2.75) is 44.0 Å². The predicted molar refractivity (Wildman–Crippen MR) is 88.5 cm³/mol. The molecule has 6 nitrogen and oxygen atoms in total. The van der Waals surface area contributed by atoms with Gasteiger partial charge in [0.15, 0.2) is 5.79 Å². The minimum Gasteiger partial charge on any atom is -0.496 e. The molecule has 1 saturated heterocycles. The summed E-state index contributed by atoms with van der Waals surface area (Å²) in [6.45, 7) is 0.922. The van der Waals surface area contributed by atoms with Crippen molar-refractivity contribution in [3.05, 3.63) is 23.8 Å². The number of hydrogen-bond acceptors (Lipinski definition) is 5. The smallest absolute Gasteiger partial charge is 0.258 e. The van der Waals surface area contributed by atoms with Crippen LogP contribution in [0.1, 0.15) is 42.5 Å².